The Balaban J connectivity index is 2.29. The van der Waals surface area contributed by atoms with Gasteiger partial charge in [0.2, 0.25) is 0 Å². The van der Waals surface area contributed by atoms with E-state index < -0.39 is 0 Å². The van der Waals surface area contributed by atoms with Crippen molar-refractivity contribution in [2.24, 2.45) is 0 Å². The Morgan fingerprint density at radius 3 is 3.15 bits per heavy atom. The first-order chi connectivity index (χ1) is 6.31. The molecule has 70 valence electrons. The molecule has 2 heteroatoms. The predicted octanol–water partition coefficient (Wildman–Crippen LogP) is 2.06. The van der Waals surface area contributed by atoms with Crippen molar-refractivity contribution in [3.8, 4) is 5.75 Å². The Bertz CT molecular complexity index is 307. The average molecular weight is 178 g/mol. The molecule has 1 aliphatic rings. The van der Waals surface area contributed by atoms with E-state index in [0.29, 0.717) is 6.61 Å². The molecule has 1 aromatic rings. The van der Waals surface area contributed by atoms with E-state index in [-0.39, 0.29) is 6.10 Å². The normalized spacial score (nSPS) is 20.0. The molecular weight excluding hydrogens is 164 g/mol. The van der Waals surface area contributed by atoms with E-state index in [1.54, 1.807) is 0 Å². The van der Waals surface area contributed by atoms with Crippen molar-refractivity contribution in [2.45, 2.75) is 25.9 Å². The monoisotopic (exact) mass is 178 g/mol. The maximum atomic E-state index is 9.56. The van der Waals surface area contributed by atoms with Gasteiger partial charge in [-0.25, -0.2) is 0 Å². The first-order valence-electron chi connectivity index (χ1n) is 4.75. The largest absolute Gasteiger partial charge is 0.494 e. The molecule has 0 amide bonds. The molecule has 1 N–H and O–H groups in total. The summed E-state index contributed by atoms with van der Waals surface area (Å²) in [6.45, 7) is 2.67. The highest BCUT2D eigenvalue weighted by atomic mass is 16.5. The average Bonchev–Trinajstić information content (AvgIpc) is 2.48. The summed E-state index contributed by atoms with van der Waals surface area (Å²) in [4.78, 5) is 0. The summed E-state index contributed by atoms with van der Waals surface area (Å²) in [6, 6.07) is 5.93. The van der Waals surface area contributed by atoms with Gasteiger partial charge in [0.15, 0.2) is 0 Å². The third kappa shape index (κ3) is 1.54. The van der Waals surface area contributed by atoms with Crippen LogP contribution in [-0.4, -0.2) is 11.7 Å². The minimum atomic E-state index is -0.259. The Morgan fingerprint density at radius 1 is 1.54 bits per heavy atom. The van der Waals surface area contributed by atoms with Gasteiger partial charge in [0.1, 0.15) is 5.75 Å². The molecule has 13 heavy (non-hydrogen) atoms. The molecule has 1 atom stereocenters. The van der Waals surface area contributed by atoms with Crippen LogP contribution < -0.4 is 4.74 Å². The predicted molar refractivity (Wildman–Crippen MR) is 50.9 cm³/mol. The highest BCUT2D eigenvalue weighted by molar-refractivity contribution is 5.39. The molecule has 0 heterocycles. The van der Waals surface area contributed by atoms with Gasteiger partial charge < -0.3 is 9.84 Å². The topological polar surface area (TPSA) is 29.5 Å². The Labute approximate surface area is 78.2 Å². The van der Waals surface area contributed by atoms with Crippen molar-refractivity contribution in [1.29, 1.82) is 0 Å². The van der Waals surface area contributed by atoms with E-state index in [0.717, 1.165) is 24.2 Å². The molecule has 0 unspecified atom stereocenters. The quantitative estimate of drug-likeness (QED) is 0.751. The van der Waals surface area contributed by atoms with Gasteiger partial charge in [-0.1, -0.05) is 6.07 Å². The number of benzene rings is 1. The maximum absolute atomic E-state index is 9.56. The van der Waals surface area contributed by atoms with Crippen LogP contribution in [0, 0.1) is 0 Å². The number of aliphatic hydroxyl groups is 1. The van der Waals surface area contributed by atoms with E-state index in [1.807, 2.05) is 25.1 Å². The molecule has 1 aromatic carbocycles. The summed E-state index contributed by atoms with van der Waals surface area (Å²) in [6.07, 6.45) is 1.56. The number of aliphatic hydroxyl groups excluding tert-OH is 1. The number of hydrogen-bond acceptors (Lipinski definition) is 2. The molecule has 0 aliphatic heterocycles. The van der Waals surface area contributed by atoms with E-state index in [1.165, 1.54) is 5.56 Å². The summed E-state index contributed by atoms with van der Waals surface area (Å²) in [5.74, 6) is 0.912. The Kier molecular flexibility index (Phi) is 2.23. The van der Waals surface area contributed by atoms with E-state index in [2.05, 4.69) is 0 Å². The lowest BCUT2D eigenvalue weighted by Gasteiger charge is -2.06. The molecule has 2 rings (SSSR count). The zero-order valence-electron chi connectivity index (χ0n) is 7.79. The molecule has 0 aromatic heterocycles. The van der Waals surface area contributed by atoms with Crippen molar-refractivity contribution < 1.29 is 9.84 Å². The molecule has 2 nitrogen and oxygen atoms in total. The molecule has 0 bridgehead atoms. The number of rotatable bonds is 2. The second-order valence-corrected chi connectivity index (χ2v) is 3.35. The summed E-state index contributed by atoms with van der Waals surface area (Å²) >= 11 is 0. The first kappa shape index (κ1) is 8.57. The zero-order chi connectivity index (χ0) is 9.26. The summed E-state index contributed by atoms with van der Waals surface area (Å²) in [7, 11) is 0. The standard InChI is InChI=1S/C11H14O2/c1-2-13-9-4-5-10-8(7-9)3-6-11(10)12/h4-5,7,11-12H,2-3,6H2,1H3/t11-/m0/s1. The smallest absolute Gasteiger partial charge is 0.119 e. The van der Waals surface area contributed by atoms with Gasteiger partial charge in [0.25, 0.3) is 0 Å². The van der Waals surface area contributed by atoms with Crippen LogP contribution in [0.5, 0.6) is 5.75 Å². The van der Waals surface area contributed by atoms with Crippen LogP contribution in [0.4, 0.5) is 0 Å². The SMILES string of the molecule is CCOc1ccc2c(c1)CC[C@@H]2O. The highest BCUT2D eigenvalue weighted by Crippen LogP contribution is 2.33. The van der Waals surface area contributed by atoms with Crippen LogP contribution in [0.1, 0.15) is 30.6 Å². The number of ether oxygens (including phenoxy) is 1. The molecule has 0 saturated carbocycles. The van der Waals surface area contributed by atoms with Crippen molar-refractivity contribution in [2.75, 3.05) is 6.61 Å². The summed E-state index contributed by atoms with van der Waals surface area (Å²) in [5.41, 5.74) is 2.31. The fourth-order valence-electron chi connectivity index (χ4n) is 1.83. The van der Waals surface area contributed by atoms with E-state index in [4.69, 9.17) is 4.74 Å². The van der Waals surface area contributed by atoms with Crippen molar-refractivity contribution in [3.05, 3.63) is 29.3 Å². The van der Waals surface area contributed by atoms with Crippen LogP contribution in [0.2, 0.25) is 0 Å². The lowest BCUT2D eigenvalue weighted by atomic mass is 10.1. The van der Waals surface area contributed by atoms with Crippen LogP contribution in [0.3, 0.4) is 0 Å². The van der Waals surface area contributed by atoms with Crippen molar-refractivity contribution in [1.82, 2.24) is 0 Å². The van der Waals surface area contributed by atoms with Crippen LogP contribution in [0.25, 0.3) is 0 Å². The maximum Gasteiger partial charge on any atom is 0.119 e. The Hall–Kier alpha value is -1.02. The lowest BCUT2D eigenvalue weighted by Crippen LogP contribution is -1.94. The van der Waals surface area contributed by atoms with Gasteiger partial charge in [-0.2, -0.15) is 0 Å². The molecule has 0 fully saturated rings. The minimum Gasteiger partial charge on any atom is -0.494 e. The van der Waals surface area contributed by atoms with Gasteiger partial charge in [-0.05, 0) is 43.0 Å². The van der Waals surface area contributed by atoms with E-state index in [9.17, 15) is 5.11 Å². The minimum absolute atomic E-state index is 0.259. The number of aryl methyl sites for hydroxylation is 1. The fraction of sp³-hybridized carbons (Fsp3) is 0.455. The number of fused-ring (bicyclic) bond motifs is 1. The van der Waals surface area contributed by atoms with Gasteiger partial charge in [-0.3, -0.25) is 0 Å². The highest BCUT2D eigenvalue weighted by Gasteiger charge is 2.19. The van der Waals surface area contributed by atoms with E-state index >= 15 is 0 Å². The lowest BCUT2D eigenvalue weighted by molar-refractivity contribution is 0.180. The van der Waals surface area contributed by atoms with Gasteiger partial charge in [0, 0.05) is 0 Å². The van der Waals surface area contributed by atoms with Crippen LogP contribution in [-0.2, 0) is 6.42 Å². The van der Waals surface area contributed by atoms with Crippen molar-refractivity contribution >= 4 is 0 Å². The van der Waals surface area contributed by atoms with Crippen LogP contribution in [0.15, 0.2) is 18.2 Å². The van der Waals surface area contributed by atoms with Gasteiger partial charge in [-0.15, -0.1) is 0 Å². The van der Waals surface area contributed by atoms with Gasteiger partial charge in [0.05, 0.1) is 12.7 Å². The van der Waals surface area contributed by atoms with Crippen LogP contribution >= 0.6 is 0 Å². The first-order valence-corrected chi connectivity index (χ1v) is 4.75. The molecule has 0 saturated heterocycles. The third-order valence-corrected chi connectivity index (χ3v) is 2.47. The number of hydrogen-bond donors (Lipinski definition) is 1. The summed E-state index contributed by atoms with van der Waals surface area (Å²) in [5, 5.41) is 9.56. The second-order valence-electron chi connectivity index (χ2n) is 3.35. The molecular formula is C11H14O2. The third-order valence-electron chi connectivity index (χ3n) is 2.47. The molecule has 1 aliphatic carbocycles. The molecule has 0 spiro atoms. The second kappa shape index (κ2) is 3.38. The zero-order valence-corrected chi connectivity index (χ0v) is 7.79. The molecule has 0 radical (unpaired) electrons. The van der Waals surface area contributed by atoms with Crippen molar-refractivity contribution in [3.63, 3.8) is 0 Å². The van der Waals surface area contributed by atoms with Gasteiger partial charge >= 0.3 is 0 Å². The fourth-order valence-corrected chi connectivity index (χ4v) is 1.83. The Morgan fingerprint density at radius 2 is 2.38 bits per heavy atom. The summed E-state index contributed by atoms with van der Waals surface area (Å²) < 4.78 is 5.38.